The van der Waals surface area contributed by atoms with Gasteiger partial charge in [-0.05, 0) is 24.6 Å². The topological polar surface area (TPSA) is 81.4 Å². The number of nitriles is 1. The first-order valence-electron chi connectivity index (χ1n) is 5.92. The van der Waals surface area contributed by atoms with Gasteiger partial charge in [0.2, 0.25) is 5.91 Å². The third kappa shape index (κ3) is 2.67. The zero-order chi connectivity index (χ0) is 15.8. The maximum atomic E-state index is 12.9. The molecule has 1 aromatic carbocycles. The quantitative estimate of drug-likeness (QED) is 0.907. The van der Waals surface area contributed by atoms with Crippen LogP contribution in [0.5, 0.6) is 0 Å². The second-order valence-corrected chi connectivity index (χ2v) is 4.50. The van der Waals surface area contributed by atoms with Crippen LogP contribution in [-0.4, -0.2) is 23.0 Å². The largest absolute Gasteiger partial charge is 0.480 e. The molecule has 1 N–H and O–H groups in total. The molecule has 1 fully saturated rings. The second-order valence-electron chi connectivity index (χ2n) is 4.50. The van der Waals surface area contributed by atoms with Gasteiger partial charge < -0.3 is 5.11 Å². The average Bonchev–Trinajstić information content (AvgIpc) is 2.79. The Balaban J connectivity index is 2.52. The minimum atomic E-state index is -4.76. The van der Waals surface area contributed by atoms with Crippen molar-refractivity contribution in [3.8, 4) is 6.07 Å². The molecular weight excluding hydrogens is 289 g/mol. The standard InChI is InChI=1S/C13H9F3N2O3/c14-13(15,16)9-5-8(2-1-7(9)6-17)18-10(12(20)21)3-4-11(18)19/h1-2,5,10H,3-4H2,(H,20,21)/t10-/m1/s1. The predicted octanol–water partition coefficient (Wildman–Crippen LogP) is 2.16. The van der Waals surface area contributed by atoms with Crippen LogP contribution in [0, 0.1) is 11.3 Å². The van der Waals surface area contributed by atoms with Gasteiger partial charge in [-0.15, -0.1) is 0 Å². The summed E-state index contributed by atoms with van der Waals surface area (Å²) in [4.78, 5) is 23.6. The molecule has 0 aromatic heterocycles. The number of carboxylic acids is 1. The molecule has 1 aliphatic rings. The van der Waals surface area contributed by atoms with Crippen molar-refractivity contribution < 1.29 is 27.9 Å². The highest BCUT2D eigenvalue weighted by Gasteiger charge is 2.39. The van der Waals surface area contributed by atoms with Gasteiger partial charge in [0.05, 0.1) is 17.2 Å². The minimum absolute atomic E-state index is 0.0372. The molecule has 110 valence electrons. The SMILES string of the molecule is N#Cc1ccc(N2C(=O)CC[C@@H]2C(=O)O)cc1C(F)(F)F. The van der Waals surface area contributed by atoms with Gasteiger partial charge in [-0.2, -0.15) is 18.4 Å². The van der Waals surface area contributed by atoms with Gasteiger partial charge >= 0.3 is 12.1 Å². The summed E-state index contributed by atoms with van der Waals surface area (Å²) >= 11 is 0. The van der Waals surface area contributed by atoms with Crippen molar-refractivity contribution in [3.63, 3.8) is 0 Å². The van der Waals surface area contributed by atoms with E-state index in [1.165, 1.54) is 6.07 Å². The van der Waals surface area contributed by atoms with Gasteiger partial charge in [0.25, 0.3) is 0 Å². The first-order valence-corrected chi connectivity index (χ1v) is 5.92. The third-order valence-corrected chi connectivity index (χ3v) is 3.20. The van der Waals surface area contributed by atoms with Crippen LogP contribution in [0.25, 0.3) is 0 Å². The molecular formula is C13H9F3N2O3. The van der Waals surface area contributed by atoms with Crippen LogP contribution in [0.4, 0.5) is 18.9 Å². The van der Waals surface area contributed by atoms with E-state index in [0.717, 1.165) is 17.0 Å². The number of alkyl halides is 3. The van der Waals surface area contributed by atoms with Crippen molar-refractivity contribution in [1.82, 2.24) is 0 Å². The Kier molecular flexibility index (Phi) is 3.60. The number of hydrogen-bond donors (Lipinski definition) is 1. The molecule has 2 rings (SSSR count). The molecule has 0 radical (unpaired) electrons. The molecule has 1 atom stereocenters. The number of benzene rings is 1. The van der Waals surface area contributed by atoms with Gasteiger partial charge in [0.1, 0.15) is 6.04 Å². The van der Waals surface area contributed by atoms with E-state index >= 15 is 0 Å². The van der Waals surface area contributed by atoms with Crippen molar-refractivity contribution in [2.75, 3.05) is 4.90 Å². The lowest BCUT2D eigenvalue weighted by Gasteiger charge is -2.23. The number of carboxylic acid groups (broad SMARTS) is 1. The van der Waals surface area contributed by atoms with E-state index in [1.54, 1.807) is 0 Å². The zero-order valence-electron chi connectivity index (χ0n) is 10.5. The molecule has 21 heavy (non-hydrogen) atoms. The molecule has 1 aromatic rings. The Morgan fingerprint density at radius 3 is 2.62 bits per heavy atom. The van der Waals surface area contributed by atoms with E-state index in [9.17, 15) is 22.8 Å². The highest BCUT2D eigenvalue weighted by molar-refractivity contribution is 6.02. The number of carbonyl (C=O) groups excluding carboxylic acids is 1. The van der Waals surface area contributed by atoms with Gasteiger partial charge in [0, 0.05) is 12.1 Å². The lowest BCUT2D eigenvalue weighted by atomic mass is 10.1. The summed E-state index contributed by atoms with van der Waals surface area (Å²) in [5, 5.41) is 17.7. The highest BCUT2D eigenvalue weighted by atomic mass is 19.4. The fourth-order valence-corrected chi connectivity index (χ4v) is 2.26. The number of anilines is 1. The molecule has 1 amide bonds. The molecule has 1 heterocycles. The Bertz CT molecular complexity index is 649. The number of aliphatic carboxylic acids is 1. The van der Waals surface area contributed by atoms with Gasteiger partial charge in [-0.1, -0.05) is 0 Å². The molecule has 5 nitrogen and oxygen atoms in total. The second kappa shape index (κ2) is 5.09. The van der Waals surface area contributed by atoms with Gasteiger partial charge in [-0.25, -0.2) is 4.79 Å². The summed E-state index contributed by atoms with van der Waals surface area (Å²) in [7, 11) is 0. The molecule has 0 bridgehead atoms. The fraction of sp³-hybridized carbons (Fsp3) is 0.308. The maximum Gasteiger partial charge on any atom is 0.417 e. The molecule has 0 aliphatic carbocycles. The number of hydrogen-bond acceptors (Lipinski definition) is 3. The van der Waals surface area contributed by atoms with Crippen LogP contribution in [0.1, 0.15) is 24.0 Å². The molecule has 0 unspecified atom stereocenters. The van der Waals surface area contributed by atoms with Crippen molar-refractivity contribution in [2.24, 2.45) is 0 Å². The van der Waals surface area contributed by atoms with Gasteiger partial charge in [0.15, 0.2) is 0 Å². The smallest absolute Gasteiger partial charge is 0.417 e. The van der Waals surface area contributed by atoms with E-state index < -0.39 is 35.2 Å². The molecule has 1 saturated heterocycles. The Morgan fingerprint density at radius 1 is 1.43 bits per heavy atom. The van der Waals surface area contributed by atoms with Crippen molar-refractivity contribution >= 4 is 17.6 Å². The normalized spacial score (nSPS) is 18.7. The van der Waals surface area contributed by atoms with Crippen LogP contribution >= 0.6 is 0 Å². The van der Waals surface area contributed by atoms with Crippen molar-refractivity contribution in [1.29, 1.82) is 5.26 Å². The summed E-state index contributed by atoms with van der Waals surface area (Å²) in [5.41, 5.74) is -1.94. The van der Waals surface area contributed by atoms with E-state index in [1.807, 2.05) is 0 Å². The number of rotatable bonds is 2. The zero-order valence-corrected chi connectivity index (χ0v) is 10.5. The van der Waals surface area contributed by atoms with Crippen LogP contribution < -0.4 is 4.90 Å². The van der Waals surface area contributed by atoms with Crippen molar-refractivity contribution in [3.05, 3.63) is 29.3 Å². The van der Waals surface area contributed by atoms with Crippen LogP contribution in [0.15, 0.2) is 18.2 Å². The Morgan fingerprint density at radius 2 is 2.10 bits per heavy atom. The molecule has 8 heteroatoms. The Hall–Kier alpha value is -2.56. The Labute approximate surface area is 117 Å². The average molecular weight is 298 g/mol. The fourth-order valence-electron chi connectivity index (χ4n) is 2.26. The molecule has 0 saturated carbocycles. The summed E-state index contributed by atoms with van der Waals surface area (Å²) in [6.07, 6.45) is -4.77. The van der Waals surface area contributed by atoms with Crippen molar-refractivity contribution in [2.45, 2.75) is 25.1 Å². The number of nitrogens with zero attached hydrogens (tertiary/aromatic N) is 2. The van der Waals surface area contributed by atoms with Crippen LogP contribution in [0.3, 0.4) is 0 Å². The van der Waals surface area contributed by atoms with Gasteiger partial charge in [-0.3, -0.25) is 9.69 Å². The maximum absolute atomic E-state index is 12.9. The predicted molar refractivity (Wildman–Crippen MR) is 64.3 cm³/mol. The first kappa shape index (κ1) is 14.8. The van der Waals surface area contributed by atoms with Crippen LogP contribution in [0.2, 0.25) is 0 Å². The number of amides is 1. The molecule has 1 aliphatic heterocycles. The lowest BCUT2D eigenvalue weighted by molar-refractivity contribution is -0.139. The first-order chi connectivity index (χ1) is 9.75. The summed E-state index contributed by atoms with van der Waals surface area (Å²) in [6, 6.07) is 2.95. The summed E-state index contributed by atoms with van der Waals surface area (Å²) in [5.74, 6) is -1.83. The summed E-state index contributed by atoms with van der Waals surface area (Å²) in [6.45, 7) is 0. The minimum Gasteiger partial charge on any atom is -0.480 e. The number of carbonyl (C=O) groups is 2. The van der Waals surface area contributed by atoms with E-state index in [2.05, 4.69) is 0 Å². The van der Waals surface area contributed by atoms with Crippen LogP contribution in [-0.2, 0) is 15.8 Å². The van der Waals surface area contributed by atoms with E-state index in [4.69, 9.17) is 10.4 Å². The molecule has 0 spiro atoms. The summed E-state index contributed by atoms with van der Waals surface area (Å²) < 4.78 is 38.7. The third-order valence-electron chi connectivity index (χ3n) is 3.20. The highest BCUT2D eigenvalue weighted by Crippen LogP contribution is 2.36. The lowest BCUT2D eigenvalue weighted by Crippen LogP contribution is -2.38. The monoisotopic (exact) mass is 298 g/mol. The number of halogens is 3. The van der Waals surface area contributed by atoms with E-state index in [0.29, 0.717) is 6.07 Å². The van der Waals surface area contributed by atoms with E-state index in [-0.39, 0.29) is 18.5 Å².